The Balaban J connectivity index is 1.97. The van der Waals surface area contributed by atoms with Gasteiger partial charge in [-0.1, -0.05) is 38.2 Å². The lowest BCUT2D eigenvalue weighted by Crippen LogP contribution is -2.71. The molecule has 1 atom stereocenters. The predicted molar refractivity (Wildman–Crippen MR) is 127 cm³/mol. The molecule has 0 unspecified atom stereocenters. The lowest BCUT2D eigenvalue weighted by molar-refractivity contribution is -0.133. The average Bonchev–Trinajstić information content (AvgIpc) is 2.71. The first-order chi connectivity index (χ1) is 15.1. The lowest BCUT2D eigenvalue weighted by Gasteiger charge is -2.47. The molecule has 2 fully saturated rings. The van der Waals surface area contributed by atoms with E-state index in [1.807, 2.05) is 32.0 Å². The number of piperazine rings is 1. The highest BCUT2D eigenvalue weighted by Crippen LogP contribution is 2.32. The summed E-state index contributed by atoms with van der Waals surface area (Å²) in [5.74, 6) is -0.776. The van der Waals surface area contributed by atoms with Gasteiger partial charge in [0.15, 0.2) is 0 Å². The number of amides is 2. The summed E-state index contributed by atoms with van der Waals surface area (Å²) in [6.45, 7) is 6.90. The Kier molecular flexibility index (Phi) is 7.65. The van der Waals surface area contributed by atoms with Crippen LogP contribution >= 0.6 is 0 Å². The molecule has 8 heteroatoms. The number of aryl methyl sites for hydroxylation is 2. The van der Waals surface area contributed by atoms with Crippen LogP contribution in [0.5, 0.6) is 0 Å². The van der Waals surface area contributed by atoms with Gasteiger partial charge in [-0.15, -0.1) is 0 Å². The van der Waals surface area contributed by atoms with Gasteiger partial charge >= 0.3 is 0 Å². The SMILES string of the molecule is CCS(=O)(=O)N1CC(=O)N(c2ccc(C)c(C)c2)[C@](C)(C(=O)NC2CCCCCCC2)C1. The Labute approximate surface area is 192 Å². The summed E-state index contributed by atoms with van der Waals surface area (Å²) >= 11 is 0. The quantitative estimate of drug-likeness (QED) is 0.726. The lowest BCUT2D eigenvalue weighted by atomic mass is 9.91. The van der Waals surface area contributed by atoms with E-state index < -0.39 is 15.6 Å². The minimum absolute atomic E-state index is 0.0505. The summed E-state index contributed by atoms with van der Waals surface area (Å²) < 4.78 is 26.5. The second-order valence-corrected chi connectivity index (χ2v) is 11.7. The maximum Gasteiger partial charge on any atom is 0.247 e. The zero-order valence-corrected chi connectivity index (χ0v) is 20.6. The molecule has 1 saturated heterocycles. The van der Waals surface area contributed by atoms with Gasteiger partial charge in [-0.05, 0) is 63.8 Å². The molecule has 32 heavy (non-hydrogen) atoms. The van der Waals surface area contributed by atoms with Crippen LogP contribution in [0.1, 0.15) is 69.9 Å². The van der Waals surface area contributed by atoms with Gasteiger partial charge in [0.1, 0.15) is 5.54 Å². The number of carbonyl (C=O) groups excluding carboxylic acids is 2. The van der Waals surface area contributed by atoms with Crippen molar-refractivity contribution in [2.24, 2.45) is 0 Å². The molecule has 3 rings (SSSR count). The van der Waals surface area contributed by atoms with Crippen LogP contribution in [0.25, 0.3) is 0 Å². The summed E-state index contributed by atoms with van der Waals surface area (Å²) in [5, 5.41) is 3.18. The molecule has 1 aromatic rings. The van der Waals surface area contributed by atoms with Crippen molar-refractivity contribution >= 4 is 27.5 Å². The van der Waals surface area contributed by atoms with Crippen molar-refractivity contribution in [1.82, 2.24) is 9.62 Å². The van der Waals surface area contributed by atoms with Crippen molar-refractivity contribution in [1.29, 1.82) is 0 Å². The fourth-order valence-corrected chi connectivity index (χ4v) is 5.87. The number of rotatable bonds is 5. The minimum Gasteiger partial charge on any atom is -0.351 e. The number of benzene rings is 1. The van der Waals surface area contributed by atoms with Crippen molar-refractivity contribution in [2.45, 2.75) is 84.2 Å². The van der Waals surface area contributed by atoms with E-state index >= 15 is 0 Å². The average molecular weight is 464 g/mol. The van der Waals surface area contributed by atoms with Crippen molar-refractivity contribution < 1.29 is 18.0 Å². The van der Waals surface area contributed by atoms with Crippen LogP contribution in [0.15, 0.2) is 18.2 Å². The Morgan fingerprint density at radius 3 is 2.31 bits per heavy atom. The van der Waals surface area contributed by atoms with Gasteiger partial charge in [0.05, 0.1) is 12.3 Å². The number of sulfonamides is 1. The molecule has 1 aromatic carbocycles. The third-order valence-corrected chi connectivity index (χ3v) is 8.75. The summed E-state index contributed by atoms with van der Waals surface area (Å²) in [4.78, 5) is 28.5. The minimum atomic E-state index is -3.62. The summed E-state index contributed by atoms with van der Waals surface area (Å²) in [6, 6.07) is 5.72. The van der Waals surface area contributed by atoms with E-state index in [0.29, 0.717) is 5.69 Å². The smallest absolute Gasteiger partial charge is 0.247 e. The number of carbonyl (C=O) groups is 2. The molecular formula is C24H37N3O4S. The molecule has 7 nitrogen and oxygen atoms in total. The van der Waals surface area contributed by atoms with Crippen molar-refractivity contribution in [3.05, 3.63) is 29.3 Å². The Morgan fingerprint density at radius 2 is 1.72 bits per heavy atom. The molecular weight excluding hydrogens is 426 g/mol. The van der Waals surface area contributed by atoms with Crippen molar-refractivity contribution in [3.63, 3.8) is 0 Å². The molecule has 0 radical (unpaired) electrons. The van der Waals surface area contributed by atoms with E-state index in [0.717, 1.165) is 36.8 Å². The number of anilines is 1. The highest BCUT2D eigenvalue weighted by atomic mass is 32.2. The Bertz CT molecular complexity index is 954. The predicted octanol–water partition coefficient (Wildman–Crippen LogP) is 3.29. The summed E-state index contributed by atoms with van der Waals surface area (Å²) in [5.41, 5.74) is 1.40. The normalized spacial score (nSPS) is 24.1. The van der Waals surface area contributed by atoms with Gasteiger partial charge in [-0.25, -0.2) is 8.42 Å². The Hall–Kier alpha value is -1.93. The van der Waals surface area contributed by atoms with E-state index in [4.69, 9.17) is 0 Å². The topological polar surface area (TPSA) is 86.8 Å². The van der Waals surface area contributed by atoms with Gasteiger partial charge < -0.3 is 5.32 Å². The van der Waals surface area contributed by atoms with E-state index in [9.17, 15) is 18.0 Å². The van der Waals surface area contributed by atoms with Crippen molar-refractivity contribution in [3.8, 4) is 0 Å². The second kappa shape index (κ2) is 9.91. The molecule has 0 spiro atoms. The van der Waals surface area contributed by atoms with Crippen molar-refractivity contribution in [2.75, 3.05) is 23.7 Å². The molecule has 1 aliphatic heterocycles. The first kappa shape index (κ1) is 24.7. The molecule has 2 aliphatic rings. The van der Waals surface area contributed by atoms with E-state index in [1.165, 1.54) is 28.5 Å². The number of nitrogens with one attached hydrogen (secondary N) is 1. The highest BCUT2D eigenvalue weighted by Gasteiger charge is 2.51. The monoisotopic (exact) mass is 463 g/mol. The summed E-state index contributed by atoms with van der Waals surface area (Å²) in [6.07, 6.45) is 7.53. The van der Waals surface area contributed by atoms with Crippen LogP contribution in [-0.4, -0.2) is 55.0 Å². The van der Waals surface area contributed by atoms with Crippen LogP contribution < -0.4 is 10.2 Å². The van der Waals surface area contributed by atoms with Gasteiger partial charge in [0.25, 0.3) is 0 Å². The molecule has 1 heterocycles. The molecule has 1 aliphatic carbocycles. The third-order valence-electron chi connectivity index (χ3n) is 6.98. The first-order valence-corrected chi connectivity index (χ1v) is 13.4. The van der Waals surface area contributed by atoms with Crippen LogP contribution in [0.2, 0.25) is 0 Å². The van der Waals surface area contributed by atoms with E-state index in [2.05, 4.69) is 5.32 Å². The molecule has 2 amide bonds. The van der Waals surface area contributed by atoms with Crippen LogP contribution in [-0.2, 0) is 19.6 Å². The van der Waals surface area contributed by atoms with Gasteiger partial charge in [-0.2, -0.15) is 4.31 Å². The molecule has 178 valence electrons. The van der Waals surface area contributed by atoms with Crippen LogP contribution in [0, 0.1) is 13.8 Å². The first-order valence-electron chi connectivity index (χ1n) is 11.8. The molecule has 1 N–H and O–H groups in total. The fraction of sp³-hybridized carbons (Fsp3) is 0.667. The largest absolute Gasteiger partial charge is 0.351 e. The zero-order valence-electron chi connectivity index (χ0n) is 19.8. The standard InChI is InChI=1S/C24H37N3O4S/c1-5-32(30,31)26-16-22(28)27(21-14-13-18(2)19(3)15-21)24(4,17-26)23(29)25-20-11-9-7-6-8-10-12-20/h13-15,20H,5-12,16-17H2,1-4H3,(H,25,29)/t24-/m0/s1. The second-order valence-electron chi connectivity index (χ2n) is 9.46. The zero-order chi connectivity index (χ0) is 23.5. The number of hydrogen-bond acceptors (Lipinski definition) is 4. The number of hydrogen-bond donors (Lipinski definition) is 1. The fourth-order valence-electron chi connectivity index (χ4n) is 4.75. The maximum absolute atomic E-state index is 13.7. The maximum atomic E-state index is 13.7. The van der Waals surface area contributed by atoms with Gasteiger partial charge in [-0.3, -0.25) is 14.5 Å². The molecule has 1 saturated carbocycles. The van der Waals surface area contributed by atoms with E-state index in [-0.39, 0.29) is 36.7 Å². The molecule has 0 bridgehead atoms. The molecule has 0 aromatic heterocycles. The third kappa shape index (κ3) is 5.17. The summed E-state index contributed by atoms with van der Waals surface area (Å²) in [7, 11) is -3.62. The highest BCUT2D eigenvalue weighted by molar-refractivity contribution is 7.89. The van der Waals surface area contributed by atoms with Gasteiger partial charge in [0.2, 0.25) is 21.8 Å². The van der Waals surface area contributed by atoms with Crippen LogP contribution in [0.3, 0.4) is 0 Å². The van der Waals surface area contributed by atoms with Gasteiger partial charge in [0, 0.05) is 18.3 Å². The Morgan fingerprint density at radius 1 is 1.09 bits per heavy atom. The van der Waals surface area contributed by atoms with E-state index in [1.54, 1.807) is 13.8 Å². The van der Waals surface area contributed by atoms with Crippen LogP contribution in [0.4, 0.5) is 5.69 Å². The number of nitrogens with zero attached hydrogens (tertiary/aromatic N) is 2.